The van der Waals surface area contributed by atoms with Gasteiger partial charge in [0.15, 0.2) is 19.8 Å². The zero-order valence-corrected chi connectivity index (χ0v) is 19.2. The molecule has 1 N–H and O–H groups in total. The molecule has 0 atom stereocenters. The molecule has 0 aliphatic rings. The first-order chi connectivity index (χ1) is 12.0. The first-order valence-corrected chi connectivity index (χ1v) is 15.7. The van der Waals surface area contributed by atoms with Gasteiger partial charge in [0.05, 0.1) is 19.3 Å². The van der Waals surface area contributed by atoms with Crippen molar-refractivity contribution in [2.24, 2.45) is 0 Å². The Bertz CT molecular complexity index is 634. The molecule has 0 unspecified atom stereocenters. The summed E-state index contributed by atoms with van der Waals surface area (Å²) in [5, 5.41) is 2.93. The number of hydrogen-bond donors (Lipinski definition) is 1. The first-order valence-electron chi connectivity index (χ1n) is 8.90. The number of nitrogens with one attached hydrogen (secondary N) is 1. The fourth-order valence-electron chi connectivity index (χ4n) is 2.29. The Kier molecular flexibility index (Phi) is 8.11. The van der Waals surface area contributed by atoms with Crippen LogP contribution < -0.4 is 14.5 Å². The molecule has 1 rings (SSSR count). The monoisotopic (exact) mass is 395 g/mol. The predicted molar refractivity (Wildman–Crippen MR) is 113 cm³/mol. The minimum Gasteiger partial charge on any atom is -0.541 e. The SMILES string of the molecule is C=CCc1cc(OC)c(O[Si](C)(C)C)c(C(=O)NCCO[Si](C)(C)C)c1. The number of hydrogen-bond acceptors (Lipinski definition) is 4. The molecule has 0 radical (unpaired) electrons. The van der Waals surface area contributed by atoms with E-state index in [2.05, 4.69) is 51.2 Å². The van der Waals surface area contributed by atoms with Gasteiger partial charge in [-0.15, -0.1) is 6.58 Å². The van der Waals surface area contributed by atoms with Crippen molar-refractivity contribution in [3.63, 3.8) is 0 Å². The molecule has 5 nitrogen and oxygen atoms in total. The molecule has 1 amide bonds. The van der Waals surface area contributed by atoms with Crippen molar-refractivity contribution in [1.29, 1.82) is 0 Å². The highest BCUT2D eigenvalue weighted by atomic mass is 28.4. The largest absolute Gasteiger partial charge is 0.541 e. The van der Waals surface area contributed by atoms with E-state index in [0.717, 1.165) is 5.56 Å². The van der Waals surface area contributed by atoms with Crippen molar-refractivity contribution in [3.05, 3.63) is 35.9 Å². The van der Waals surface area contributed by atoms with Gasteiger partial charge in [-0.1, -0.05) is 6.08 Å². The van der Waals surface area contributed by atoms with Crippen molar-refractivity contribution in [3.8, 4) is 11.5 Å². The number of rotatable bonds is 10. The molecule has 0 saturated heterocycles. The van der Waals surface area contributed by atoms with E-state index < -0.39 is 16.6 Å². The molecule has 0 heterocycles. The van der Waals surface area contributed by atoms with E-state index in [1.807, 2.05) is 12.1 Å². The van der Waals surface area contributed by atoms with E-state index in [0.29, 0.717) is 36.6 Å². The van der Waals surface area contributed by atoms with E-state index in [9.17, 15) is 4.79 Å². The Morgan fingerprint density at radius 1 is 1.15 bits per heavy atom. The summed E-state index contributed by atoms with van der Waals surface area (Å²) < 4.78 is 17.5. The van der Waals surface area contributed by atoms with Crippen LogP contribution in [0.15, 0.2) is 24.8 Å². The molecule has 0 aromatic heterocycles. The van der Waals surface area contributed by atoms with Crippen molar-refractivity contribution in [1.82, 2.24) is 5.32 Å². The zero-order valence-electron chi connectivity index (χ0n) is 17.2. The van der Waals surface area contributed by atoms with E-state index in [-0.39, 0.29) is 5.91 Å². The summed E-state index contributed by atoms with van der Waals surface area (Å²) in [5.74, 6) is 0.917. The maximum atomic E-state index is 12.8. The zero-order chi connectivity index (χ0) is 20.0. The van der Waals surface area contributed by atoms with Gasteiger partial charge in [0.1, 0.15) is 0 Å². The quantitative estimate of drug-likeness (QED) is 0.366. The van der Waals surface area contributed by atoms with Crippen molar-refractivity contribution in [2.75, 3.05) is 20.3 Å². The van der Waals surface area contributed by atoms with Crippen molar-refractivity contribution >= 4 is 22.5 Å². The summed E-state index contributed by atoms with van der Waals surface area (Å²) in [7, 11) is -1.92. The number of amides is 1. The summed E-state index contributed by atoms with van der Waals surface area (Å²) >= 11 is 0. The Balaban J connectivity index is 3.09. The Labute approximate surface area is 160 Å². The van der Waals surface area contributed by atoms with E-state index >= 15 is 0 Å². The fourth-order valence-corrected chi connectivity index (χ4v) is 3.83. The Hall–Kier alpha value is -1.58. The Morgan fingerprint density at radius 3 is 2.31 bits per heavy atom. The van der Waals surface area contributed by atoms with Gasteiger partial charge in [-0.25, -0.2) is 0 Å². The van der Waals surface area contributed by atoms with Gasteiger partial charge < -0.3 is 18.9 Å². The molecule has 26 heavy (non-hydrogen) atoms. The second-order valence-electron chi connectivity index (χ2n) is 8.10. The highest BCUT2D eigenvalue weighted by Gasteiger charge is 2.25. The molecule has 7 heteroatoms. The molecule has 0 saturated carbocycles. The summed E-state index contributed by atoms with van der Waals surface area (Å²) in [6, 6.07) is 3.76. The van der Waals surface area contributed by atoms with E-state index in [4.69, 9.17) is 13.6 Å². The minimum atomic E-state index is -1.92. The number of ether oxygens (including phenoxy) is 1. The van der Waals surface area contributed by atoms with Crippen LogP contribution in [0.4, 0.5) is 0 Å². The molecular formula is C19H33NO4Si2. The third-order valence-corrected chi connectivity index (χ3v) is 5.18. The molecular weight excluding hydrogens is 362 g/mol. The molecule has 146 valence electrons. The van der Waals surface area contributed by atoms with Crippen LogP contribution >= 0.6 is 0 Å². The van der Waals surface area contributed by atoms with Gasteiger partial charge in [0.25, 0.3) is 5.91 Å². The second kappa shape index (κ2) is 9.39. The molecule has 1 aromatic rings. The van der Waals surface area contributed by atoms with Gasteiger partial charge in [0, 0.05) is 6.54 Å². The first kappa shape index (κ1) is 22.5. The highest BCUT2D eigenvalue weighted by molar-refractivity contribution is 6.70. The molecule has 1 aromatic carbocycles. The van der Waals surface area contributed by atoms with Crippen LogP contribution in [0, 0.1) is 0 Å². The van der Waals surface area contributed by atoms with E-state index in [1.54, 1.807) is 13.2 Å². The number of carbonyl (C=O) groups excluding carboxylic acids is 1. The van der Waals surface area contributed by atoms with Crippen LogP contribution in [0.5, 0.6) is 11.5 Å². The summed E-state index contributed by atoms with van der Waals surface area (Å²) in [5.41, 5.74) is 1.46. The maximum Gasteiger partial charge on any atom is 0.255 e. The van der Waals surface area contributed by atoms with Crippen molar-refractivity contribution < 1.29 is 18.4 Å². The van der Waals surface area contributed by atoms with Gasteiger partial charge in [0.2, 0.25) is 8.32 Å². The fraction of sp³-hybridized carbons (Fsp3) is 0.526. The topological polar surface area (TPSA) is 56.8 Å². The van der Waals surface area contributed by atoms with Crippen LogP contribution in [0.25, 0.3) is 0 Å². The number of benzene rings is 1. The van der Waals surface area contributed by atoms with Gasteiger partial charge in [-0.2, -0.15) is 0 Å². The maximum absolute atomic E-state index is 12.8. The molecule has 0 aliphatic heterocycles. The number of carbonyl (C=O) groups is 1. The lowest BCUT2D eigenvalue weighted by atomic mass is 10.1. The van der Waals surface area contributed by atoms with Crippen LogP contribution in [0.3, 0.4) is 0 Å². The van der Waals surface area contributed by atoms with Crippen LogP contribution in [0.1, 0.15) is 15.9 Å². The normalized spacial score (nSPS) is 11.8. The molecule has 0 aliphatic carbocycles. The summed E-state index contributed by atoms with van der Waals surface area (Å²) in [4.78, 5) is 12.8. The Morgan fingerprint density at radius 2 is 1.81 bits per heavy atom. The number of methoxy groups -OCH3 is 1. The predicted octanol–water partition coefficient (Wildman–Crippen LogP) is 4.22. The average Bonchev–Trinajstić information content (AvgIpc) is 2.50. The summed E-state index contributed by atoms with van der Waals surface area (Å²) in [6.07, 6.45) is 2.46. The van der Waals surface area contributed by atoms with Gasteiger partial charge in [-0.3, -0.25) is 4.79 Å². The van der Waals surface area contributed by atoms with Crippen LogP contribution in [-0.2, 0) is 10.8 Å². The van der Waals surface area contributed by atoms with Crippen LogP contribution in [-0.4, -0.2) is 42.8 Å². The molecule has 0 spiro atoms. The standard InChI is InChI=1S/C19H33NO4Si2/c1-9-10-15-13-16(19(21)20-11-12-23-25(3,4)5)18(17(14-15)22-2)24-26(6,7)8/h9,13-14H,1,10-12H2,2-8H3,(H,20,21). The summed E-state index contributed by atoms with van der Waals surface area (Å²) in [6.45, 7) is 17.3. The minimum absolute atomic E-state index is 0.179. The lowest BCUT2D eigenvalue weighted by molar-refractivity contribution is 0.0944. The molecule has 0 fully saturated rings. The van der Waals surface area contributed by atoms with Gasteiger partial charge >= 0.3 is 0 Å². The van der Waals surface area contributed by atoms with E-state index in [1.165, 1.54) is 0 Å². The lowest BCUT2D eigenvalue weighted by Crippen LogP contribution is -2.34. The smallest absolute Gasteiger partial charge is 0.255 e. The lowest BCUT2D eigenvalue weighted by Gasteiger charge is -2.24. The highest BCUT2D eigenvalue weighted by Crippen LogP contribution is 2.35. The van der Waals surface area contributed by atoms with Crippen LogP contribution in [0.2, 0.25) is 39.3 Å². The van der Waals surface area contributed by atoms with Gasteiger partial charge in [-0.05, 0) is 63.4 Å². The number of allylic oxidation sites excluding steroid dienone is 1. The average molecular weight is 396 g/mol. The van der Waals surface area contributed by atoms with Crippen molar-refractivity contribution in [2.45, 2.75) is 45.7 Å². The second-order valence-corrected chi connectivity index (χ2v) is 17.0. The molecule has 0 bridgehead atoms. The third kappa shape index (κ3) is 7.76. The third-order valence-electron chi connectivity index (χ3n) is 3.29.